The van der Waals surface area contributed by atoms with E-state index in [1.54, 1.807) is 42.6 Å². The molecule has 7 nitrogen and oxygen atoms in total. The van der Waals surface area contributed by atoms with Gasteiger partial charge in [-0.3, -0.25) is 4.79 Å². The number of methoxy groups -OCH3 is 2. The summed E-state index contributed by atoms with van der Waals surface area (Å²) in [5, 5.41) is 14.9. The summed E-state index contributed by atoms with van der Waals surface area (Å²) in [5.41, 5.74) is 3.66. The standard InChI is InChI=1S/C31H29N3O4S/c1-5-19(2)20-10-12-21(13-11-20)26-18-39-31(33-26)32-17-25-23-8-6-7-9-24(23)29(35)34(30(25)36)22-14-15-27(37-3)28(16-22)38-4/h6-19,36H,5H2,1-4H3/b32-17+. The molecule has 198 valence electrons. The van der Waals surface area contributed by atoms with Crippen LogP contribution in [0.25, 0.3) is 27.7 Å². The second-order valence-corrected chi connectivity index (χ2v) is 10.0. The number of aromatic hydroxyl groups is 1. The molecule has 39 heavy (non-hydrogen) atoms. The number of pyridine rings is 1. The van der Waals surface area contributed by atoms with E-state index in [0.29, 0.717) is 44.6 Å². The second kappa shape index (κ2) is 11.1. The van der Waals surface area contributed by atoms with Gasteiger partial charge in [0.05, 0.1) is 31.2 Å². The number of hydrogen-bond acceptors (Lipinski definition) is 7. The summed E-state index contributed by atoms with van der Waals surface area (Å²) in [6.45, 7) is 4.40. The molecule has 0 aliphatic rings. The van der Waals surface area contributed by atoms with Crippen LogP contribution in [0.4, 0.5) is 5.13 Å². The number of aromatic nitrogens is 2. The summed E-state index contributed by atoms with van der Waals surface area (Å²) in [6, 6.07) is 20.6. The maximum atomic E-state index is 13.5. The van der Waals surface area contributed by atoms with Crippen molar-refractivity contribution in [2.24, 2.45) is 4.99 Å². The Hall–Kier alpha value is -4.43. The van der Waals surface area contributed by atoms with Gasteiger partial charge >= 0.3 is 0 Å². The van der Waals surface area contributed by atoms with Gasteiger partial charge in [-0.05, 0) is 36.1 Å². The summed E-state index contributed by atoms with van der Waals surface area (Å²) < 4.78 is 12.0. The lowest BCUT2D eigenvalue weighted by atomic mass is 9.97. The van der Waals surface area contributed by atoms with Crippen LogP contribution in [-0.4, -0.2) is 35.1 Å². The van der Waals surface area contributed by atoms with E-state index in [-0.39, 0.29) is 11.4 Å². The second-order valence-electron chi connectivity index (χ2n) is 9.17. The zero-order valence-corrected chi connectivity index (χ0v) is 23.0. The third-order valence-corrected chi connectivity index (χ3v) is 7.66. The SMILES string of the molecule is CCC(C)c1ccc(-c2csc(/N=C/c3c(O)n(-c4ccc(OC)c(OC)c4)c(=O)c4ccccc34)n2)cc1. The lowest BCUT2D eigenvalue weighted by Gasteiger charge is -2.15. The van der Waals surface area contributed by atoms with Crippen LogP contribution in [-0.2, 0) is 0 Å². The Kier molecular flexibility index (Phi) is 7.47. The highest BCUT2D eigenvalue weighted by atomic mass is 32.1. The van der Waals surface area contributed by atoms with Crippen molar-refractivity contribution in [3.05, 3.63) is 93.6 Å². The van der Waals surface area contributed by atoms with Gasteiger partial charge in [-0.25, -0.2) is 14.5 Å². The molecular weight excluding hydrogens is 510 g/mol. The van der Waals surface area contributed by atoms with Crippen LogP contribution in [0, 0.1) is 0 Å². The van der Waals surface area contributed by atoms with E-state index >= 15 is 0 Å². The van der Waals surface area contributed by atoms with E-state index in [1.807, 2.05) is 11.4 Å². The van der Waals surface area contributed by atoms with Crippen molar-refractivity contribution in [3.8, 4) is 34.3 Å². The molecule has 2 aromatic heterocycles. The molecule has 1 unspecified atom stereocenters. The summed E-state index contributed by atoms with van der Waals surface area (Å²) in [7, 11) is 3.06. The molecule has 0 radical (unpaired) electrons. The van der Waals surface area contributed by atoms with Crippen molar-refractivity contribution >= 4 is 33.5 Å². The van der Waals surface area contributed by atoms with Gasteiger partial charge in [0.1, 0.15) is 0 Å². The Labute approximate surface area is 230 Å². The molecule has 0 bridgehead atoms. The molecule has 1 N–H and O–H groups in total. The van der Waals surface area contributed by atoms with E-state index < -0.39 is 0 Å². The summed E-state index contributed by atoms with van der Waals surface area (Å²) >= 11 is 1.41. The monoisotopic (exact) mass is 539 g/mol. The molecule has 0 amide bonds. The van der Waals surface area contributed by atoms with Crippen molar-refractivity contribution < 1.29 is 14.6 Å². The number of ether oxygens (including phenoxy) is 2. The highest BCUT2D eigenvalue weighted by Gasteiger charge is 2.18. The Bertz CT molecular complexity index is 1720. The van der Waals surface area contributed by atoms with Gasteiger partial charge in [-0.15, -0.1) is 11.3 Å². The fraction of sp³-hybridized carbons (Fsp3) is 0.194. The lowest BCUT2D eigenvalue weighted by Crippen LogP contribution is -2.20. The van der Waals surface area contributed by atoms with Crippen LogP contribution in [0.15, 0.2) is 81.9 Å². The van der Waals surface area contributed by atoms with Crippen LogP contribution in [0.1, 0.15) is 37.3 Å². The van der Waals surface area contributed by atoms with Crippen molar-refractivity contribution in [2.45, 2.75) is 26.2 Å². The van der Waals surface area contributed by atoms with Gasteiger partial charge in [-0.2, -0.15) is 0 Å². The Morgan fingerprint density at radius 1 is 1.03 bits per heavy atom. The highest BCUT2D eigenvalue weighted by Crippen LogP contribution is 2.33. The minimum atomic E-state index is -0.357. The van der Waals surface area contributed by atoms with E-state index in [4.69, 9.17) is 9.47 Å². The number of rotatable bonds is 8. The molecule has 8 heteroatoms. The maximum absolute atomic E-state index is 13.5. The quantitative estimate of drug-likeness (QED) is 0.213. The fourth-order valence-corrected chi connectivity index (χ4v) is 5.16. The number of hydrogen-bond donors (Lipinski definition) is 1. The number of fused-ring (bicyclic) bond motifs is 1. The summed E-state index contributed by atoms with van der Waals surface area (Å²) in [4.78, 5) is 22.7. The summed E-state index contributed by atoms with van der Waals surface area (Å²) in [5.74, 6) is 1.24. The third kappa shape index (κ3) is 5.03. The first-order chi connectivity index (χ1) is 18.9. The first-order valence-corrected chi connectivity index (χ1v) is 13.5. The van der Waals surface area contributed by atoms with Crippen LogP contribution >= 0.6 is 11.3 Å². The van der Waals surface area contributed by atoms with Crippen molar-refractivity contribution in [3.63, 3.8) is 0 Å². The van der Waals surface area contributed by atoms with Gasteiger partial charge in [0.25, 0.3) is 5.56 Å². The molecule has 2 heterocycles. The number of nitrogens with zero attached hydrogens (tertiary/aromatic N) is 3. The minimum absolute atomic E-state index is 0.230. The first kappa shape index (κ1) is 26.2. The zero-order valence-electron chi connectivity index (χ0n) is 22.2. The Balaban J connectivity index is 1.55. The molecule has 0 saturated carbocycles. The van der Waals surface area contributed by atoms with Gasteiger partial charge in [0, 0.05) is 34.0 Å². The predicted octanol–water partition coefficient (Wildman–Crippen LogP) is 7.10. The van der Waals surface area contributed by atoms with Crippen molar-refractivity contribution in [1.29, 1.82) is 0 Å². The molecule has 3 aromatic carbocycles. The van der Waals surface area contributed by atoms with E-state index in [2.05, 4.69) is 48.1 Å². The van der Waals surface area contributed by atoms with Crippen LogP contribution in [0.2, 0.25) is 0 Å². The normalized spacial score (nSPS) is 12.2. The average molecular weight is 540 g/mol. The van der Waals surface area contributed by atoms with Crippen LogP contribution in [0.3, 0.4) is 0 Å². The molecular formula is C31H29N3O4S. The molecule has 1 atom stereocenters. The Morgan fingerprint density at radius 3 is 2.44 bits per heavy atom. The highest BCUT2D eigenvalue weighted by molar-refractivity contribution is 7.13. The third-order valence-electron chi connectivity index (χ3n) is 6.91. The van der Waals surface area contributed by atoms with Crippen molar-refractivity contribution in [1.82, 2.24) is 9.55 Å². The molecule has 0 aliphatic heterocycles. The van der Waals surface area contributed by atoms with Gasteiger partial charge in [-0.1, -0.05) is 56.3 Å². The number of thiazole rings is 1. The largest absolute Gasteiger partial charge is 0.494 e. The van der Waals surface area contributed by atoms with Gasteiger partial charge < -0.3 is 14.6 Å². The van der Waals surface area contributed by atoms with Crippen LogP contribution < -0.4 is 15.0 Å². The maximum Gasteiger partial charge on any atom is 0.265 e. The molecule has 5 rings (SSSR count). The van der Waals surface area contributed by atoms with E-state index in [0.717, 1.165) is 17.7 Å². The zero-order chi connectivity index (χ0) is 27.5. The molecule has 5 aromatic rings. The van der Waals surface area contributed by atoms with Crippen molar-refractivity contribution in [2.75, 3.05) is 14.2 Å². The molecule has 0 saturated heterocycles. The van der Waals surface area contributed by atoms with Crippen LogP contribution in [0.5, 0.6) is 17.4 Å². The number of aliphatic imine (C=N–C) groups is 1. The van der Waals surface area contributed by atoms with E-state index in [1.165, 1.54) is 35.7 Å². The number of benzene rings is 3. The molecule has 0 aliphatic carbocycles. The lowest BCUT2D eigenvalue weighted by molar-refractivity contribution is 0.354. The Morgan fingerprint density at radius 2 is 1.74 bits per heavy atom. The molecule has 0 spiro atoms. The van der Waals surface area contributed by atoms with Gasteiger partial charge in [0.15, 0.2) is 11.5 Å². The predicted molar refractivity (Wildman–Crippen MR) is 158 cm³/mol. The smallest absolute Gasteiger partial charge is 0.265 e. The van der Waals surface area contributed by atoms with E-state index in [9.17, 15) is 9.90 Å². The fourth-order valence-electron chi connectivity index (χ4n) is 4.49. The first-order valence-electron chi connectivity index (χ1n) is 12.6. The van der Waals surface area contributed by atoms with Gasteiger partial charge in [0.2, 0.25) is 11.0 Å². The average Bonchev–Trinajstić information content (AvgIpc) is 3.45. The minimum Gasteiger partial charge on any atom is -0.494 e. The molecule has 0 fully saturated rings. The topological polar surface area (TPSA) is 85.9 Å². The summed E-state index contributed by atoms with van der Waals surface area (Å²) in [6.07, 6.45) is 2.65.